The third kappa shape index (κ3) is 3.70. The number of methoxy groups -OCH3 is 1. The van der Waals surface area contributed by atoms with Crippen molar-refractivity contribution in [1.29, 1.82) is 0 Å². The average molecular weight is 418 g/mol. The smallest absolute Gasteiger partial charge is 0.255 e. The second-order valence-corrected chi connectivity index (χ2v) is 7.41. The molecule has 0 N–H and O–H groups in total. The molecule has 2 aromatic carbocycles. The first-order valence-corrected chi connectivity index (χ1v) is 9.49. The summed E-state index contributed by atoms with van der Waals surface area (Å²) in [6, 6.07) is 12.6. The summed E-state index contributed by atoms with van der Waals surface area (Å²) in [6.07, 6.45) is 0.517. The Balaban J connectivity index is 1.39. The lowest BCUT2D eigenvalue weighted by molar-refractivity contribution is 0.0569. The molecule has 0 radical (unpaired) electrons. The van der Waals surface area contributed by atoms with Crippen LogP contribution in [0.25, 0.3) is 0 Å². The highest BCUT2D eigenvalue weighted by atomic mass is 35.5. The maximum Gasteiger partial charge on any atom is 0.255 e. The van der Waals surface area contributed by atoms with Crippen molar-refractivity contribution < 1.29 is 14.1 Å². The molecule has 0 atom stereocenters. The number of benzene rings is 2. The number of carbonyl (C=O) groups is 1. The van der Waals surface area contributed by atoms with E-state index in [0.717, 1.165) is 11.3 Å². The van der Waals surface area contributed by atoms with Gasteiger partial charge in [-0.1, -0.05) is 46.6 Å². The van der Waals surface area contributed by atoms with Crippen molar-refractivity contribution in [3.8, 4) is 5.75 Å². The topological polar surface area (TPSA) is 68.5 Å². The van der Waals surface area contributed by atoms with E-state index < -0.39 is 0 Å². The summed E-state index contributed by atoms with van der Waals surface area (Å²) >= 11 is 12.0. The minimum atomic E-state index is -0.133. The lowest BCUT2D eigenvalue weighted by Gasteiger charge is -2.37. The summed E-state index contributed by atoms with van der Waals surface area (Å²) in [5.41, 5.74) is 1.42. The standard InChI is InChI=1S/C20H17Cl2N3O3/c1-27-17-5-3-2-4-12(17)8-18-23-19(28-24-18)13-10-25(11-13)20(26)15-7-6-14(21)9-16(15)22/h2-7,9,13H,8,10-11H2,1H3. The molecule has 0 unspecified atom stereocenters. The van der Waals surface area contributed by atoms with Crippen LogP contribution in [0.2, 0.25) is 10.0 Å². The fourth-order valence-electron chi connectivity index (χ4n) is 3.16. The summed E-state index contributed by atoms with van der Waals surface area (Å²) in [7, 11) is 1.63. The first-order chi connectivity index (χ1) is 13.5. The summed E-state index contributed by atoms with van der Waals surface area (Å²) in [5, 5.41) is 4.90. The molecule has 28 heavy (non-hydrogen) atoms. The number of rotatable bonds is 5. The predicted octanol–water partition coefficient (Wildman–Crippen LogP) is 4.22. The summed E-state index contributed by atoms with van der Waals surface area (Å²) in [6.45, 7) is 1.02. The van der Waals surface area contributed by atoms with E-state index in [9.17, 15) is 4.79 Å². The Morgan fingerprint density at radius 1 is 1.25 bits per heavy atom. The molecule has 8 heteroatoms. The number of halogens is 2. The van der Waals surface area contributed by atoms with Gasteiger partial charge < -0.3 is 14.2 Å². The van der Waals surface area contributed by atoms with Crippen LogP contribution in [0.15, 0.2) is 47.0 Å². The molecule has 4 rings (SSSR count). The molecule has 2 heterocycles. The number of aromatic nitrogens is 2. The van der Waals surface area contributed by atoms with Crippen molar-refractivity contribution in [1.82, 2.24) is 15.0 Å². The van der Waals surface area contributed by atoms with Crippen molar-refractivity contribution in [2.45, 2.75) is 12.3 Å². The highest BCUT2D eigenvalue weighted by Crippen LogP contribution is 2.30. The summed E-state index contributed by atoms with van der Waals surface area (Å²) in [5.74, 6) is 1.80. The Morgan fingerprint density at radius 3 is 2.79 bits per heavy atom. The number of hydrogen-bond donors (Lipinski definition) is 0. The molecule has 0 saturated carbocycles. The molecule has 1 fully saturated rings. The maximum atomic E-state index is 12.6. The summed E-state index contributed by atoms with van der Waals surface area (Å²) in [4.78, 5) is 18.8. The van der Waals surface area contributed by atoms with Crippen LogP contribution < -0.4 is 4.74 Å². The van der Waals surface area contributed by atoms with Gasteiger partial charge in [-0.15, -0.1) is 0 Å². The lowest BCUT2D eigenvalue weighted by atomic mass is 9.98. The monoisotopic (exact) mass is 417 g/mol. The van der Waals surface area contributed by atoms with Gasteiger partial charge >= 0.3 is 0 Å². The van der Waals surface area contributed by atoms with Gasteiger partial charge in [-0.2, -0.15) is 4.98 Å². The van der Waals surface area contributed by atoms with Gasteiger partial charge in [0.15, 0.2) is 5.82 Å². The molecule has 1 aliphatic rings. The van der Waals surface area contributed by atoms with E-state index in [0.29, 0.717) is 46.8 Å². The zero-order valence-electron chi connectivity index (χ0n) is 15.1. The molecule has 144 valence electrons. The lowest BCUT2D eigenvalue weighted by Crippen LogP contribution is -2.48. The van der Waals surface area contributed by atoms with E-state index in [2.05, 4.69) is 10.1 Å². The number of likely N-dealkylation sites (tertiary alicyclic amines) is 1. The van der Waals surface area contributed by atoms with Crippen LogP contribution in [-0.2, 0) is 6.42 Å². The molecular formula is C20H17Cl2N3O3. The van der Waals surface area contributed by atoms with Gasteiger partial charge in [0, 0.05) is 30.1 Å². The predicted molar refractivity (Wildman–Crippen MR) is 105 cm³/mol. The van der Waals surface area contributed by atoms with E-state index >= 15 is 0 Å². The van der Waals surface area contributed by atoms with Gasteiger partial charge in [-0.3, -0.25) is 4.79 Å². The van der Waals surface area contributed by atoms with E-state index in [1.54, 1.807) is 30.2 Å². The number of carbonyl (C=O) groups excluding carboxylic acids is 1. The number of hydrogen-bond acceptors (Lipinski definition) is 5. The van der Waals surface area contributed by atoms with E-state index in [-0.39, 0.29) is 11.8 Å². The normalized spacial score (nSPS) is 14.0. The fraction of sp³-hybridized carbons (Fsp3) is 0.250. The highest BCUT2D eigenvalue weighted by molar-refractivity contribution is 6.36. The van der Waals surface area contributed by atoms with Crippen molar-refractivity contribution in [3.05, 3.63) is 75.4 Å². The van der Waals surface area contributed by atoms with E-state index in [1.807, 2.05) is 24.3 Å². The van der Waals surface area contributed by atoms with Crippen molar-refractivity contribution in [2.24, 2.45) is 0 Å². The van der Waals surface area contributed by atoms with E-state index in [4.69, 9.17) is 32.5 Å². The van der Waals surface area contributed by atoms with Crippen LogP contribution in [0, 0.1) is 0 Å². The Kier molecular flexibility index (Phi) is 5.24. The Morgan fingerprint density at radius 2 is 2.04 bits per heavy atom. The van der Waals surface area contributed by atoms with Crippen LogP contribution in [0.5, 0.6) is 5.75 Å². The minimum Gasteiger partial charge on any atom is -0.496 e. The van der Waals surface area contributed by atoms with Gasteiger partial charge in [0.25, 0.3) is 5.91 Å². The first kappa shape index (κ1) is 18.8. The Hall–Kier alpha value is -2.57. The van der Waals surface area contributed by atoms with Crippen LogP contribution in [0.3, 0.4) is 0 Å². The maximum absolute atomic E-state index is 12.6. The first-order valence-electron chi connectivity index (χ1n) is 8.74. The molecule has 0 aliphatic carbocycles. The number of ether oxygens (including phenoxy) is 1. The quantitative estimate of drug-likeness (QED) is 0.621. The molecule has 0 spiro atoms. The molecule has 1 aromatic heterocycles. The molecule has 0 bridgehead atoms. The summed E-state index contributed by atoms with van der Waals surface area (Å²) < 4.78 is 10.8. The van der Waals surface area contributed by atoms with Crippen molar-refractivity contribution in [3.63, 3.8) is 0 Å². The average Bonchev–Trinajstić information content (AvgIpc) is 3.08. The van der Waals surface area contributed by atoms with Gasteiger partial charge in [0.2, 0.25) is 5.89 Å². The second-order valence-electron chi connectivity index (χ2n) is 6.57. The molecule has 3 aromatic rings. The SMILES string of the molecule is COc1ccccc1Cc1noc(C2CN(C(=O)c3ccc(Cl)cc3Cl)C2)n1. The van der Waals surface area contributed by atoms with Gasteiger partial charge in [-0.05, 0) is 24.3 Å². The van der Waals surface area contributed by atoms with Gasteiger partial charge in [0.1, 0.15) is 5.75 Å². The zero-order valence-corrected chi connectivity index (χ0v) is 16.6. The van der Waals surface area contributed by atoms with Gasteiger partial charge in [-0.25, -0.2) is 0 Å². The van der Waals surface area contributed by atoms with Crippen LogP contribution >= 0.6 is 23.2 Å². The minimum absolute atomic E-state index is 0.0222. The number of nitrogens with zero attached hydrogens (tertiary/aromatic N) is 3. The van der Waals surface area contributed by atoms with E-state index in [1.165, 1.54) is 0 Å². The Bertz CT molecular complexity index is 1020. The highest BCUT2D eigenvalue weighted by Gasteiger charge is 2.36. The number of amides is 1. The van der Waals surface area contributed by atoms with Gasteiger partial charge in [0.05, 0.1) is 23.6 Å². The third-order valence-electron chi connectivity index (χ3n) is 4.70. The Labute approximate surface area is 172 Å². The third-order valence-corrected chi connectivity index (χ3v) is 5.25. The molecule has 1 amide bonds. The molecule has 1 aliphatic heterocycles. The second kappa shape index (κ2) is 7.81. The largest absolute Gasteiger partial charge is 0.496 e. The van der Waals surface area contributed by atoms with Crippen LogP contribution in [-0.4, -0.2) is 41.1 Å². The molecule has 6 nitrogen and oxygen atoms in total. The molecular weight excluding hydrogens is 401 g/mol. The van der Waals surface area contributed by atoms with Crippen molar-refractivity contribution in [2.75, 3.05) is 20.2 Å². The zero-order chi connectivity index (χ0) is 19.7. The van der Waals surface area contributed by atoms with Crippen LogP contribution in [0.4, 0.5) is 0 Å². The molecule has 1 saturated heterocycles. The number of para-hydroxylation sites is 1. The van der Waals surface area contributed by atoms with Crippen molar-refractivity contribution >= 4 is 29.1 Å². The van der Waals surface area contributed by atoms with Crippen LogP contribution in [0.1, 0.15) is 33.6 Å². The fourth-order valence-corrected chi connectivity index (χ4v) is 3.65.